The number of carbonyl (C=O) groups is 1. The van der Waals surface area contributed by atoms with E-state index in [-0.39, 0.29) is 12.2 Å². The van der Waals surface area contributed by atoms with E-state index in [0.717, 1.165) is 29.4 Å². The van der Waals surface area contributed by atoms with E-state index in [1.165, 1.54) is 0 Å². The average Bonchev–Trinajstić information content (AvgIpc) is 3.07. The van der Waals surface area contributed by atoms with E-state index in [1.54, 1.807) is 17.0 Å². The lowest BCUT2D eigenvalue weighted by molar-refractivity contribution is 0.00626. The van der Waals surface area contributed by atoms with Crippen molar-refractivity contribution in [2.75, 3.05) is 13.1 Å². The third-order valence-electron chi connectivity index (χ3n) is 5.26. The summed E-state index contributed by atoms with van der Waals surface area (Å²) in [5, 5.41) is 1.25. The molecule has 8 heteroatoms. The van der Waals surface area contributed by atoms with E-state index >= 15 is 0 Å². The molecule has 1 saturated heterocycles. The second-order valence-electron chi connectivity index (χ2n) is 9.01. The summed E-state index contributed by atoms with van der Waals surface area (Å²) >= 11 is 12.6. The molecule has 0 N–H and O–H groups in total. The topological polar surface area (TPSA) is 56.6 Å². The van der Waals surface area contributed by atoms with Gasteiger partial charge >= 0.3 is 6.09 Å². The average molecular weight is 476 g/mol. The van der Waals surface area contributed by atoms with E-state index in [0.29, 0.717) is 35.7 Å². The van der Waals surface area contributed by atoms with Gasteiger partial charge in [0.1, 0.15) is 11.7 Å². The minimum atomic E-state index is -0.533. The van der Waals surface area contributed by atoms with Gasteiger partial charge in [0.15, 0.2) is 0 Å². The number of hydrogen-bond acceptors (Lipinski definition) is 4. The Balaban J connectivity index is 1.58. The van der Waals surface area contributed by atoms with Crippen LogP contribution in [0.5, 0.6) is 6.01 Å². The van der Waals surface area contributed by atoms with Crippen LogP contribution in [0.3, 0.4) is 0 Å². The Hall–Kier alpha value is -2.44. The van der Waals surface area contributed by atoms with Gasteiger partial charge in [-0.25, -0.2) is 4.79 Å². The van der Waals surface area contributed by atoms with Crippen LogP contribution in [0.4, 0.5) is 4.79 Å². The first kappa shape index (κ1) is 22.7. The van der Waals surface area contributed by atoms with Crippen LogP contribution in [-0.2, 0) is 11.3 Å². The molecule has 0 spiro atoms. The van der Waals surface area contributed by atoms with Crippen LogP contribution >= 0.6 is 23.2 Å². The number of likely N-dealkylation sites (tertiary alicyclic amines) is 1. The molecule has 32 heavy (non-hydrogen) atoms. The lowest BCUT2D eigenvalue weighted by Gasteiger charge is -2.34. The molecule has 2 aromatic carbocycles. The summed E-state index contributed by atoms with van der Waals surface area (Å²) in [6.07, 6.45) is 1.18. The van der Waals surface area contributed by atoms with Crippen LogP contribution in [-0.4, -0.2) is 45.3 Å². The lowest BCUT2D eigenvalue weighted by Crippen LogP contribution is -2.46. The van der Waals surface area contributed by atoms with Crippen LogP contribution < -0.4 is 4.74 Å². The largest absolute Gasteiger partial charge is 0.459 e. The van der Waals surface area contributed by atoms with E-state index in [1.807, 2.05) is 55.7 Å². The number of carbonyl (C=O) groups excluding carboxylic acids is 1. The van der Waals surface area contributed by atoms with Gasteiger partial charge in [-0.2, -0.15) is 4.98 Å². The maximum Gasteiger partial charge on any atom is 0.410 e. The van der Waals surface area contributed by atoms with Crippen LogP contribution in [0.2, 0.25) is 10.0 Å². The smallest absolute Gasteiger partial charge is 0.410 e. The molecule has 2 heterocycles. The monoisotopic (exact) mass is 475 g/mol. The molecule has 1 atom stereocenters. The molecule has 0 unspecified atom stereocenters. The van der Waals surface area contributed by atoms with E-state index in [9.17, 15) is 4.79 Å². The summed E-state index contributed by atoms with van der Waals surface area (Å²) in [7, 11) is 0. The standard InChI is InChI=1S/C24H27Cl2N3O3/c1-24(2,3)32-23(30)28-12-6-7-18(15-28)31-22-27-20-8-4-5-9-21(20)29(22)14-16-13-17(25)10-11-19(16)26/h4-5,8-11,13,18H,6-7,12,14-15H2,1-3H3/t18-/m0/s1. The summed E-state index contributed by atoms with van der Waals surface area (Å²) in [5.41, 5.74) is 2.12. The number of halogens is 2. The number of amides is 1. The Labute approximate surface area is 198 Å². The van der Waals surface area contributed by atoms with Crippen molar-refractivity contribution in [3.05, 3.63) is 58.1 Å². The number of piperidine rings is 1. The lowest BCUT2D eigenvalue weighted by atomic mass is 10.1. The van der Waals surface area contributed by atoms with E-state index < -0.39 is 5.60 Å². The Morgan fingerprint density at radius 3 is 2.75 bits per heavy atom. The van der Waals surface area contributed by atoms with Crippen molar-refractivity contribution in [2.45, 2.75) is 51.9 Å². The highest BCUT2D eigenvalue weighted by Crippen LogP contribution is 2.28. The predicted octanol–water partition coefficient (Wildman–Crippen LogP) is 6.17. The van der Waals surface area contributed by atoms with Gasteiger partial charge in [-0.3, -0.25) is 4.57 Å². The third-order valence-corrected chi connectivity index (χ3v) is 5.86. The molecular formula is C24H27Cl2N3O3. The van der Waals surface area contributed by atoms with Crippen molar-refractivity contribution in [2.24, 2.45) is 0 Å². The summed E-state index contributed by atoms with van der Waals surface area (Å²) in [4.78, 5) is 19.0. The van der Waals surface area contributed by atoms with Gasteiger partial charge in [0.2, 0.25) is 0 Å². The molecule has 0 bridgehead atoms. The second kappa shape index (κ2) is 9.20. The molecule has 1 fully saturated rings. The fourth-order valence-electron chi connectivity index (χ4n) is 3.81. The summed E-state index contributed by atoms with van der Waals surface area (Å²) in [6.45, 7) is 7.18. The fourth-order valence-corrected chi connectivity index (χ4v) is 4.18. The normalized spacial score (nSPS) is 16.9. The van der Waals surface area contributed by atoms with Gasteiger partial charge < -0.3 is 14.4 Å². The van der Waals surface area contributed by atoms with Crippen molar-refractivity contribution in [3.8, 4) is 6.01 Å². The van der Waals surface area contributed by atoms with Gasteiger partial charge in [0, 0.05) is 16.6 Å². The minimum absolute atomic E-state index is 0.179. The zero-order valence-electron chi connectivity index (χ0n) is 18.5. The molecule has 0 radical (unpaired) electrons. The van der Waals surface area contributed by atoms with Crippen LogP contribution in [0.25, 0.3) is 11.0 Å². The summed E-state index contributed by atoms with van der Waals surface area (Å²) in [5.74, 6) is 0. The molecule has 6 nitrogen and oxygen atoms in total. The number of imidazole rings is 1. The molecule has 170 valence electrons. The van der Waals surface area contributed by atoms with Gasteiger partial charge in [-0.15, -0.1) is 0 Å². The maximum atomic E-state index is 12.5. The highest BCUT2D eigenvalue weighted by atomic mass is 35.5. The Kier molecular flexibility index (Phi) is 6.54. The Morgan fingerprint density at radius 2 is 1.97 bits per heavy atom. The zero-order chi connectivity index (χ0) is 22.9. The first-order valence-corrected chi connectivity index (χ1v) is 11.5. The molecule has 1 aliphatic heterocycles. The summed E-state index contributed by atoms with van der Waals surface area (Å²) < 4.78 is 13.9. The molecule has 1 amide bonds. The maximum absolute atomic E-state index is 12.5. The SMILES string of the molecule is CC(C)(C)OC(=O)N1CCC[C@H](Oc2nc3ccccc3n2Cc2cc(Cl)ccc2Cl)C1. The number of benzene rings is 2. The minimum Gasteiger partial charge on any atom is -0.459 e. The van der Waals surface area contributed by atoms with Crippen LogP contribution in [0.1, 0.15) is 39.2 Å². The number of rotatable bonds is 4. The van der Waals surface area contributed by atoms with Crippen LogP contribution in [0.15, 0.2) is 42.5 Å². The predicted molar refractivity (Wildman–Crippen MR) is 127 cm³/mol. The molecule has 1 aliphatic rings. The number of fused-ring (bicyclic) bond motifs is 1. The van der Waals surface area contributed by atoms with Gasteiger partial charge in [0.25, 0.3) is 6.01 Å². The van der Waals surface area contributed by atoms with E-state index in [2.05, 4.69) is 0 Å². The number of nitrogens with zero attached hydrogens (tertiary/aromatic N) is 3. The van der Waals surface area contributed by atoms with Crippen molar-refractivity contribution < 1.29 is 14.3 Å². The second-order valence-corrected chi connectivity index (χ2v) is 9.86. The highest BCUT2D eigenvalue weighted by molar-refractivity contribution is 6.33. The quantitative estimate of drug-likeness (QED) is 0.452. The zero-order valence-corrected chi connectivity index (χ0v) is 20.0. The molecule has 3 aromatic rings. The molecule has 4 rings (SSSR count). The molecule has 0 aliphatic carbocycles. The Bertz CT molecular complexity index is 1120. The third kappa shape index (κ3) is 5.30. The molecule has 0 saturated carbocycles. The fraction of sp³-hybridized carbons (Fsp3) is 0.417. The first-order valence-electron chi connectivity index (χ1n) is 10.7. The molecule has 1 aromatic heterocycles. The van der Waals surface area contributed by atoms with Crippen LogP contribution in [0, 0.1) is 0 Å². The van der Waals surface area contributed by atoms with Crippen molar-refractivity contribution >= 4 is 40.3 Å². The van der Waals surface area contributed by atoms with Gasteiger partial charge in [0.05, 0.1) is 24.1 Å². The number of aromatic nitrogens is 2. The molecular weight excluding hydrogens is 449 g/mol. The van der Waals surface area contributed by atoms with Crippen molar-refractivity contribution in [3.63, 3.8) is 0 Å². The highest BCUT2D eigenvalue weighted by Gasteiger charge is 2.29. The van der Waals surface area contributed by atoms with Gasteiger partial charge in [-0.1, -0.05) is 35.3 Å². The number of para-hydroxylation sites is 2. The Morgan fingerprint density at radius 1 is 1.19 bits per heavy atom. The van der Waals surface area contributed by atoms with Crippen molar-refractivity contribution in [1.82, 2.24) is 14.5 Å². The first-order chi connectivity index (χ1) is 15.2. The van der Waals surface area contributed by atoms with Crippen molar-refractivity contribution in [1.29, 1.82) is 0 Å². The van der Waals surface area contributed by atoms with Gasteiger partial charge in [-0.05, 0) is 69.5 Å². The van der Waals surface area contributed by atoms with E-state index in [4.69, 9.17) is 37.7 Å². The number of ether oxygens (including phenoxy) is 2. The number of hydrogen-bond donors (Lipinski definition) is 0. The summed E-state index contributed by atoms with van der Waals surface area (Å²) in [6, 6.07) is 13.8.